The molecule has 3 heteroatoms. The number of hydrogen-bond acceptors (Lipinski definition) is 3. The largest absolute Gasteiger partial charge is 0.384 e. The number of nitrogens with zero attached hydrogens (tertiary/aromatic N) is 2. The maximum absolute atomic E-state index is 5.86. The maximum atomic E-state index is 5.86. The van der Waals surface area contributed by atoms with Crippen molar-refractivity contribution in [2.75, 3.05) is 19.3 Å². The van der Waals surface area contributed by atoms with Crippen molar-refractivity contribution >= 4 is 5.82 Å². The van der Waals surface area contributed by atoms with Crippen LogP contribution in [-0.4, -0.2) is 23.5 Å². The van der Waals surface area contributed by atoms with E-state index < -0.39 is 0 Å². The Kier molecular flexibility index (Phi) is 4.24. The normalized spacial score (nSPS) is 17.7. The quantitative estimate of drug-likeness (QED) is 0.762. The van der Waals surface area contributed by atoms with E-state index in [1.807, 2.05) is 18.2 Å². The van der Waals surface area contributed by atoms with E-state index in [0.717, 1.165) is 30.8 Å². The van der Waals surface area contributed by atoms with Crippen LogP contribution in [0, 0.1) is 0 Å². The fraction of sp³-hybridized carbons (Fsp3) is 0.227. The molecule has 1 aliphatic rings. The average Bonchev–Trinajstić information content (AvgIpc) is 2.80. The van der Waals surface area contributed by atoms with Crippen LogP contribution in [0.5, 0.6) is 0 Å². The monoisotopic (exact) mass is 329 g/mol. The standard InChI is InChI=1S/C22H23N3/c1-25-13-12-20(16-6-3-2-4-7-16)19-11-10-17(14-18(19)15-25)21-8-5-9-22(23)24-21/h2-11,14,20H,12-13,15H2,1H3,(H2,23,24). The topological polar surface area (TPSA) is 42.1 Å². The molecule has 1 aromatic heterocycles. The van der Waals surface area contributed by atoms with Gasteiger partial charge in [0.25, 0.3) is 0 Å². The van der Waals surface area contributed by atoms with E-state index in [-0.39, 0.29) is 0 Å². The van der Waals surface area contributed by atoms with Crippen molar-refractivity contribution in [3.05, 3.63) is 83.4 Å². The minimum Gasteiger partial charge on any atom is -0.384 e. The number of fused-ring (bicyclic) bond motifs is 1. The summed E-state index contributed by atoms with van der Waals surface area (Å²) in [7, 11) is 2.20. The Morgan fingerprint density at radius 3 is 2.64 bits per heavy atom. The molecule has 2 heterocycles. The van der Waals surface area contributed by atoms with Gasteiger partial charge in [-0.25, -0.2) is 4.98 Å². The zero-order valence-electron chi connectivity index (χ0n) is 14.5. The van der Waals surface area contributed by atoms with Gasteiger partial charge < -0.3 is 10.6 Å². The molecule has 3 aromatic rings. The van der Waals surface area contributed by atoms with Gasteiger partial charge >= 0.3 is 0 Å². The smallest absolute Gasteiger partial charge is 0.124 e. The molecule has 2 aromatic carbocycles. The molecular formula is C22H23N3. The van der Waals surface area contributed by atoms with Crippen molar-refractivity contribution in [1.82, 2.24) is 9.88 Å². The molecule has 0 aliphatic carbocycles. The Morgan fingerprint density at radius 2 is 1.84 bits per heavy atom. The number of rotatable bonds is 2. The van der Waals surface area contributed by atoms with Crippen molar-refractivity contribution in [3.8, 4) is 11.3 Å². The number of anilines is 1. The van der Waals surface area contributed by atoms with Gasteiger partial charge in [0.15, 0.2) is 0 Å². The van der Waals surface area contributed by atoms with Crippen LogP contribution in [0.1, 0.15) is 29.0 Å². The van der Waals surface area contributed by atoms with Gasteiger partial charge in [0.1, 0.15) is 5.82 Å². The molecule has 1 unspecified atom stereocenters. The van der Waals surface area contributed by atoms with Crippen molar-refractivity contribution in [2.24, 2.45) is 0 Å². The van der Waals surface area contributed by atoms with E-state index in [0.29, 0.717) is 11.7 Å². The Hall–Kier alpha value is -2.65. The molecule has 0 amide bonds. The second-order valence-electron chi connectivity index (χ2n) is 6.85. The first kappa shape index (κ1) is 15.9. The van der Waals surface area contributed by atoms with E-state index in [2.05, 4.69) is 65.5 Å². The SMILES string of the molecule is CN1CCC(c2ccccc2)c2ccc(-c3cccc(N)n3)cc2C1. The first-order valence-corrected chi connectivity index (χ1v) is 8.80. The summed E-state index contributed by atoms with van der Waals surface area (Å²) in [6.45, 7) is 2.06. The van der Waals surface area contributed by atoms with Crippen molar-refractivity contribution in [1.29, 1.82) is 0 Å². The van der Waals surface area contributed by atoms with Crippen LogP contribution in [0.25, 0.3) is 11.3 Å². The highest BCUT2D eigenvalue weighted by atomic mass is 15.1. The number of nitrogens with two attached hydrogens (primary N) is 1. The minimum atomic E-state index is 0.448. The number of pyridine rings is 1. The fourth-order valence-electron chi connectivity index (χ4n) is 3.76. The van der Waals surface area contributed by atoms with E-state index in [1.165, 1.54) is 16.7 Å². The van der Waals surface area contributed by atoms with Gasteiger partial charge in [-0.15, -0.1) is 0 Å². The Balaban J connectivity index is 1.79. The van der Waals surface area contributed by atoms with Gasteiger partial charge in [-0.1, -0.05) is 48.5 Å². The van der Waals surface area contributed by atoms with Gasteiger partial charge in [0.05, 0.1) is 5.69 Å². The van der Waals surface area contributed by atoms with Crippen LogP contribution in [-0.2, 0) is 6.54 Å². The van der Waals surface area contributed by atoms with Gasteiger partial charge in [-0.05, 0) is 54.9 Å². The van der Waals surface area contributed by atoms with Crippen LogP contribution in [0.4, 0.5) is 5.82 Å². The van der Waals surface area contributed by atoms with E-state index in [4.69, 9.17) is 5.73 Å². The van der Waals surface area contributed by atoms with Crippen molar-refractivity contribution in [2.45, 2.75) is 18.9 Å². The van der Waals surface area contributed by atoms with Gasteiger partial charge in [0.2, 0.25) is 0 Å². The third-order valence-electron chi connectivity index (χ3n) is 5.03. The molecule has 0 spiro atoms. The predicted octanol–water partition coefficient (Wildman–Crippen LogP) is 4.30. The number of nitrogen functional groups attached to an aromatic ring is 1. The lowest BCUT2D eigenvalue weighted by atomic mass is 9.86. The first-order valence-electron chi connectivity index (χ1n) is 8.80. The van der Waals surface area contributed by atoms with E-state index in [1.54, 1.807) is 0 Å². The summed E-state index contributed by atoms with van der Waals surface area (Å²) in [4.78, 5) is 6.88. The molecule has 2 N–H and O–H groups in total. The summed E-state index contributed by atoms with van der Waals surface area (Å²) in [5.74, 6) is 1.01. The number of benzene rings is 2. The first-order chi connectivity index (χ1) is 12.2. The third kappa shape index (κ3) is 3.28. The summed E-state index contributed by atoms with van der Waals surface area (Å²) in [5, 5.41) is 0. The minimum absolute atomic E-state index is 0.448. The highest BCUT2D eigenvalue weighted by Crippen LogP contribution is 2.35. The van der Waals surface area contributed by atoms with Crippen molar-refractivity contribution in [3.63, 3.8) is 0 Å². The summed E-state index contributed by atoms with van der Waals surface area (Å²) in [6.07, 6.45) is 1.14. The molecular weight excluding hydrogens is 306 g/mol. The van der Waals surface area contributed by atoms with E-state index in [9.17, 15) is 0 Å². The highest BCUT2D eigenvalue weighted by molar-refractivity contribution is 5.63. The summed E-state index contributed by atoms with van der Waals surface area (Å²) < 4.78 is 0. The maximum Gasteiger partial charge on any atom is 0.124 e. The summed E-state index contributed by atoms with van der Waals surface area (Å²) in [6, 6.07) is 23.4. The molecule has 126 valence electrons. The molecule has 0 saturated heterocycles. The Labute approximate surface area is 149 Å². The van der Waals surface area contributed by atoms with Gasteiger partial charge in [-0.2, -0.15) is 0 Å². The van der Waals surface area contributed by atoms with Crippen LogP contribution in [0.2, 0.25) is 0 Å². The molecule has 0 saturated carbocycles. The molecule has 25 heavy (non-hydrogen) atoms. The average molecular weight is 329 g/mol. The lowest BCUT2D eigenvalue weighted by Gasteiger charge is -2.18. The highest BCUT2D eigenvalue weighted by Gasteiger charge is 2.22. The summed E-state index contributed by atoms with van der Waals surface area (Å²) >= 11 is 0. The molecule has 4 rings (SSSR count). The van der Waals surface area contributed by atoms with Gasteiger partial charge in [0, 0.05) is 18.0 Å². The number of hydrogen-bond donors (Lipinski definition) is 1. The molecule has 0 bridgehead atoms. The van der Waals surface area contributed by atoms with Crippen LogP contribution >= 0.6 is 0 Å². The van der Waals surface area contributed by atoms with Gasteiger partial charge in [-0.3, -0.25) is 0 Å². The van der Waals surface area contributed by atoms with Crippen LogP contribution < -0.4 is 5.73 Å². The predicted molar refractivity (Wildman–Crippen MR) is 103 cm³/mol. The second kappa shape index (κ2) is 6.69. The third-order valence-corrected chi connectivity index (χ3v) is 5.03. The lowest BCUT2D eigenvalue weighted by molar-refractivity contribution is 0.328. The zero-order chi connectivity index (χ0) is 17.2. The molecule has 1 aliphatic heterocycles. The molecule has 1 atom stereocenters. The van der Waals surface area contributed by atoms with Crippen LogP contribution in [0.3, 0.4) is 0 Å². The number of aromatic nitrogens is 1. The lowest BCUT2D eigenvalue weighted by Crippen LogP contribution is -2.17. The van der Waals surface area contributed by atoms with Crippen LogP contribution in [0.15, 0.2) is 66.7 Å². The molecule has 0 fully saturated rings. The zero-order valence-corrected chi connectivity index (χ0v) is 14.5. The Bertz CT molecular complexity index is 873. The molecule has 0 radical (unpaired) electrons. The summed E-state index contributed by atoms with van der Waals surface area (Å²) in [5.41, 5.74) is 12.1. The fourth-order valence-corrected chi connectivity index (χ4v) is 3.76. The second-order valence-corrected chi connectivity index (χ2v) is 6.85. The van der Waals surface area contributed by atoms with E-state index >= 15 is 0 Å². The molecule has 3 nitrogen and oxygen atoms in total. The van der Waals surface area contributed by atoms with Crippen molar-refractivity contribution < 1.29 is 0 Å². The Morgan fingerprint density at radius 1 is 1.00 bits per heavy atom.